The van der Waals surface area contributed by atoms with Gasteiger partial charge in [-0.3, -0.25) is 15.0 Å². The maximum absolute atomic E-state index is 12.7. The highest BCUT2D eigenvalue weighted by atomic mass is 19.4. The number of nitro groups is 1. The third-order valence-corrected chi connectivity index (χ3v) is 3.96. The zero-order valence-corrected chi connectivity index (χ0v) is 12.8. The van der Waals surface area contributed by atoms with Gasteiger partial charge in [0.25, 0.3) is 0 Å². The summed E-state index contributed by atoms with van der Waals surface area (Å²) in [5.74, 6) is -1.56. The van der Waals surface area contributed by atoms with E-state index in [1.54, 1.807) is 6.07 Å². The molecule has 0 atom stereocenters. The van der Waals surface area contributed by atoms with E-state index in [-0.39, 0.29) is 12.2 Å². The van der Waals surface area contributed by atoms with Gasteiger partial charge < -0.3 is 5.11 Å². The first-order valence-electron chi connectivity index (χ1n) is 7.35. The minimum atomic E-state index is -4.58. The highest BCUT2D eigenvalue weighted by Gasteiger charge is 2.35. The Balaban J connectivity index is 1.78. The molecule has 1 aliphatic heterocycles. The lowest BCUT2D eigenvalue weighted by molar-refractivity contribution is -0.385. The summed E-state index contributed by atoms with van der Waals surface area (Å²) in [6.45, 7) is 0.951. The monoisotopic (exact) mass is 354 g/mol. The second kappa shape index (κ2) is 6.28. The van der Waals surface area contributed by atoms with Crippen LogP contribution in [0.3, 0.4) is 0 Å². The number of alkyl halides is 3. The number of nitrogens with zero attached hydrogens (tertiary/aromatic N) is 4. The van der Waals surface area contributed by atoms with Gasteiger partial charge in [0.15, 0.2) is 5.75 Å². The summed E-state index contributed by atoms with van der Waals surface area (Å²) < 4.78 is 38.0. The lowest BCUT2D eigenvalue weighted by Crippen LogP contribution is -2.31. The van der Waals surface area contributed by atoms with Crippen LogP contribution < -0.4 is 0 Å². The number of fused-ring (bicyclic) bond motifs is 1. The summed E-state index contributed by atoms with van der Waals surface area (Å²) in [5, 5.41) is 20.9. The van der Waals surface area contributed by atoms with Crippen LogP contribution in [0, 0.1) is 10.1 Å². The van der Waals surface area contributed by atoms with Gasteiger partial charge in [-0.05, 0) is 0 Å². The van der Waals surface area contributed by atoms with Crippen molar-refractivity contribution in [1.82, 2.24) is 14.9 Å². The first-order chi connectivity index (χ1) is 11.8. The molecule has 0 unspecified atom stereocenters. The third kappa shape index (κ3) is 3.53. The molecule has 3 rings (SSSR count). The van der Waals surface area contributed by atoms with E-state index in [0.29, 0.717) is 36.3 Å². The van der Waals surface area contributed by atoms with Crippen molar-refractivity contribution in [2.24, 2.45) is 0 Å². The SMILES string of the molecule is O=[N+]([O-])c1cccc(CN2CCc3nc(C(F)(F)F)ncc3C2)c1O. The van der Waals surface area contributed by atoms with E-state index >= 15 is 0 Å². The van der Waals surface area contributed by atoms with Gasteiger partial charge in [0.2, 0.25) is 5.82 Å². The number of rotatable bonds is 3. The predicted octanol–water partition coefficient (Wildman–Crippen LogP) is 2.67. The van der Waals surface area contributed by atoms with E-state index in [1.165, 1.54) is 12.1 Å². The van der Waals surface area contributed by atoms with Crippen LogP contribution in [0.5, 0.6) is 5.75 Å². The number of nitro benzene ring substituents is 1. The van der Waals surface area contributed by atoms with Gasteiger partial charge in [-0.2, -0.15) is 13.2 Å². The fourth-order valence-electron chi connectivity index (χ4n) is 2.74. The molecule has 1 aromatic carbocycles. The Morgan fingerprint density at radius 1 is 1.36 bits per heavy atom. The highest BCUT2D eigenvalue weighted by molar-refractivity contribution is 5.50. The van der Waals surface area contributed by atoms with Crippen LogP contribution >= 0.6 is 0 Å². The van der Waals surface area contributed by atoms with Crippen molar-refractivity contribution >= 4 is 5.69 Å². The summed E-state index contributed by atoms with van der Waals surface area (Å²) >= 11 is 0. The molecule has 1 aliphatic rings. The van der Waals surface area contributed by atoms with Gasteiger partial charge in [0, 0.05) is 49.4 Å². The summed E-state index contributed by atoms with van der Waals surface area (Å²) in [6, 6.07) is 4.25. The van der Waals surface area contributed by atoms with Gasteiger partial charge in [0.1, 0.15) is 0 Å². The van der Waals surface area contributed by atoms with E-state index in [1.807, 2.05) is 4.90 Å². The Morgan fingerprint density at radius 3 is 2.80 bits per heavy atom. The van der Waals surface area contributed by atoms with E-state index in [4.69, 9.17) is 0 Å². The molecule has 7 nitrogen and oxygen atoms in total. The first-order valence-corrected chi connectivity index (χ1v) is 7.35. The Hall–Kier alpha value is -2.75. The van der Waals surface area contributed by atoms with Crippen molar-refractivity contribution in [2.45, 2.75) is 25.7 Å². The number of hydrogen-bond donors (Lipinski definition) is 1. The van der Waals surface area contributed by atoms with Crippen molar-refractivity contribution < 1.29 is 23.2 Å². The maximum atomic E-state index is 12.7. The highest BCUT2D eigenvalue weighted by Crippen LogP contribution is 2.32. The number of hydrogen-bond acceptors (Lipinski definition) is 6. The largest absolute Gasteiger partial charge is 0.502 e. The third-order valence-electron chi connectivity index (χ3n) is 3.96. The number of phenolic OH excluding ortho intramolecular Hbond substituents is 1. The molecule has 0 fully saturated rings. The molecule has 0 spiro atoms. The van der Waals surface area contributed by atoms with Gasteiger partial charge in [-0.25, -0.2) is 9.97 Å². The number of benzene rings is 1. The quantitative estimate of drug-likeness (QED) is 0.673. The maximum Gasteiger partial charge on any atom is 0.451 e. The molecule has 0 radical (unpaired) electrons. The summed E-state index contributed by atoms with van der Waals surface area (Å²) in [5.41, 5.74) is 0.921. The van der Waals surface area contributed by atoms with Crippen LogP contribution in [-0.4, -0.2) is 31.4 Å². The molecule has 0 saturated heterocycles. The minimum Gasteiger partial charge on any atom is -0.502 e. The molecule has 2 aromatic rings. The number of para-hydroxylation sites is 1. The Labute approximate surface area is 139 Å². The average molecular weight is 354 g/mol. The summed E-state index contributed by atoms with van der Waals surface area (Å²) in [4.78, 5) is 19.0. The molecule has 0 amide bonds. The summed E-state index contributed by atoms with van der Waals surface area (Å²) in [7, 11) is 0. The van der Waals surface area contributed by atoms with Crippen LogP contribution in [0.1, 0.15) is 22.6 Å². The van der Waals surface area contributed by atoms with E-state index in [0.717, 1.165) is 6.20 Å². The van der Waals surface area contributed by atoms with Crippen molar-refractivity contribution in [2.75, 3.05) is 6.54 Å². The molecule has 1 N–H and O–H groups in total. The molecule has 132 valence electrons. The van der Waals surface area contributed by atoms with E-state index in [2.05, 4.69) is 9.97 Å². The van der Waals surface area contributed by atoms with Gasteiger partial charge in [0.05, 0.1) is 10.6 Å². The predicted molar refractivity (Wildman–Crippen MR) is 79.6 cm³/mol. The zero-order chi connectivity index (χ0) is 18.2. The fraction of sp³-hybridized carbons (Fsp3) is 0.333. The number of aromatic hydroxyl groups is 1. The van der Waals surface area contributed by atoms with Crippen LogP contribution in [0.4, 0.5) is 18.9 Å². The van der Waals surface area contributed by atoms with Crippen molar-refractivity contribution in [3.05, 3.63) is 57.2 Å². The first kappa shape index (κ1) is 17.1. The van der Waals surface area contributed by atoms with Crippen LogP contribution in [0.15, 0.2) is 24.4 Å². The summed E-state index contributed by atoms with van der Waals surface area (Å²) in [6.07, 6.45) is -3.12. The van der Waals surface area contributed by atoms with Crippen molar-refractivity contribution in [3.63, 3.8) is 0 Å². The van der Waals surface area contributed by atoms with Crippen molar-refractivity contribution in [1.29, 1.82) is 0 Å². The Bertz CT molecular complexity index is 826. The standard InChI is InChI=1S/C15H13F3N4O3/c16-15(17,18)14-19-6-10-8-21(5-4-11(10)20-14)7-9-2-1-3-12(13(9)23)22(24)25/h1-3,6,23H,4-5,7-8H2. The minimum absolute atomic E-state index is 0.230. The second-order valence-corrected chi connectivity index (χ2v) is 5.67. The van der Waals surface area contributed by atoms with Crippen LogP contribution in [0.25, 0.3) is 0 Å². The number of phenols is 1. The topological polar surface area (TPSA) is 92.4 Å². The van der Waals surface area contributed by atoms with Gasteiger partial charge in [-0.1, -0.05) is 12.1 Å². The molecule has 10 heteroatoms. The average Bonchev–Trinajstić information content (AvgIpc) is 2.55. The Morgan fingerprint density at radius 2 is 2.12 bits per heavy atom. The van der Waals surface area contributed by atoms with E-state index < -0.39 is 22.7 Å². The number of aromatic nitrogens is 2. The molecular weight excluding hydrogens is 341 g/mol. The molecular formula is C15H13F3N4O3. The molecule has 2 heterocycles. The van der Waals surface area contributed by atoms with Crippen LogP contribution in [-0.2, 0) is 25.7 Å². The Kier molecular flexibility index (Phi) is 4.29. The van der Waals surface area contributed by atoms with Crippen LogP contribution in [0.2, 0.25) is 0 Å². The normalized spacial score (nSPS) is 15.0. The fourth-order valence-corrected chi connectivity index (χ4v) is 2.74. The number of halogens is 3. The lowest BCUT2D eigenvalue weighted by Gasteiger charge is -2.28. The van der Waals surface area contributed by atoms with Gasteiger partial charge in [-0.15, -0.1) is 0 Å². The molecule has 25 heavy (non-hydrogen) atoms. The van der Waals surface area contributed by atoms with E-state index in [9.17, 15) is 28.4 Å². The molecule has 0 aliphatic carbocycles. The smallest absolute Gasteiger partial charge is 0.451 e. The molecule has 0 saturated carbocycles. The zero-order valence-electron chi connectivity index (χ0n) is 12.8. The second-order valence-electron chi connectivity index (χ2n) is 5.67. The lowest BCUT2D eigenvalue weighted by atomic mass is 10.1. The molecule has 1 aromatic heterocycles. The van der Waals surface area contributed by atoms with Crippen molar-refractivity contribution in [3.8, 4) is 5.75 Å². The molecule has 0 bridgehead atoms. The van der Waals surface area contributed by atoms with Gasteiger partial charge >= 0.3 is 11.9 Å².